The molecule has 0 bridgehead atoms. The summed E-state index contributed by atoms with van der Waals surface area (Å²) in [5, 5.41) is 2.61. The number of benzene rings is 1. The van der Waals surface area contributed by atoms with Gasteiger partial charge in [-0.25, -0.2) is 4.79 Å². The van der Waals surface area contributed by atoms with E-state index >= 15 is 0 Å². The average Bonchev–Trinajstić information content (AvgIpc) is 3.14. The second-order valence-electron chi connectivity index (χ2n) is 6.52. The fraction of sp³-hybridized carbons (Fsp3) is 0.250. The molecule has 7 heteroatoms. The third-order valence-corrected chi connectivity index (χ3v) is 5.74. The van der Waals surface area contributed by atoms with Crippen molar-refractivity contribution in [3.8, 4) is 0 Å². The number of aromatic amines is 1. The number of hydrogen-bond donors (Lipinski definition) is 1. The maximum Gasteiger partial charge on any atom is 0.339 e. The van der Waals surface area contributed by atoms with E-state index < -0.39 is 12.1 Å². The lowest BCUT2D eigenvalue weighted by Crippen LogP contribution is -2.42. The Morgan fingerprint density at radius 2 is 2.07 bits per heavy atom. The summed E-state index contributed by atoms with van der Waals surface area (Å²) in [6.07, 6.45) is -0.103. The number of carbonyl (C=O) groups is 2. The molecule has 1 N–H and O–H groups in total. The van der Waals surface area contributed by atoms with Gasteiger partial charge in [0.25, 0.3) is 5.91 Å². The summed E-state index contributed by atoms with van der Waals surface area (Å²) in [6.45, 7) is 2.72. The van der Waals surface area contributed by atoms with Crippen molar-refractivity contribution in [1.82, 2.24) is 9.88 Å². The number of hydrogen-bond acceptors (Lipinski definition) is 5. The van der Waals surface area contributed by atoms with E-state index in [0.717, 1.165) is 12.0 Å². The fourth-order valence-electron chi connectivity index (χ4n) is 3.34. The molecule has 0 radical (unpaired) electrons. The van der Waals surface area contributed by atoms with Crippen LogP contribution in [0, 0.1) is 0 Å². The maximum absolute atomic E-state index is 12.7. The third kappa shape index (κ3) is 3.38. The molecule has 0 aliphatic carbocycles. The van der Waals surface area contributed by atoms with Crippen molar-refractivity contribution in [2.24, 2.45) is 0 Å². The van der Waals surface area contributed by atoms with Crippen LogP contribution in [0.4, 0.5) is 0 Å². The number of thiophene rings is 1. The summed E-state index contributed by atoms with van der Waals surface area (Å²) < 4.78 is 5.40. The summed E-state index contributed by atoms with van der Waals surface area (Å²) in [6, 6.07) is 10.2. The number of esters is 1. The van der Waals surface area contributed by atoms with E-state index in [1.807, 2.05) is 11.4 Å². The lowest BCUT2D eigenvalue weighted by atomic mass is 10.1. The molecule has 3 aromatic rings. The molecule has 0 spiro atoms. The zero-order valence-electron chi connectivity index (χ0n) is 14.7. The Morgan fingerprint density at radius 3 is 2.93 bits per heavy atom. The first-order valence-corrected chi connectivity index (χ1v) is 9.58. The summed E-state index contributed by atoms with van der Waals surface area (Å²) in [5.74, 6) is -0.902. The van der Waals surface area contributed by atoms with Gasteiger partial charge in [-0.1, -0.05) is 18.2 Å². The van der Waals surface area contributed by atoms with Crippen molar-refractivity contribution in [3.05, 3.63) is 68.1 Å². The SMILES string of the molecule is C[C@@H](OC(=O)c1cc(=O)[nH]c2ccccc12)C(=O)N1CCc2sccc2C1. The lowest BCUT2D eigenvalue weighted by molar-refractivity contribution is -0.140. The molecule has 1 amide bonds. The van der Waals surface area contributed by atoms with Gasteiger partial charge < -0.3 is 14.6 Å². The van der Waals surface area contributed by atoms with Crippen molar-refractivity contribution in [3.63, 3.8) is 0 Å². The lowest BCUT2D eigenvalue weighted by Gasteiger charge is -2.29. The van der Waals surface area contributed by atoms with Crippen LogP contribution in [0.5, 0.6) is 0 Å². The Balaban J connectivity index is 1.52. The summed E-state index contributed by atoms with van der Waals surface area (Å²) in [4.78, 5) is 42.9. The molecule has 0 saturated heterocycles. The molecule has 4 rings (SSSR count). The van der Waals surface area contributed by atoms with Gasteiger partial charge in [-0.05, 0) is 36.4 Å². The molecule has 1 atom stereocenters. The van der Waals surface area contributed by atoms with Crippen LogP contribution in [0.15, 0.2) is 46.6 Å². The van der Waals surface area contributed by atoms with Crippen molar-refractivity contribution in [2.45, 2.75) is 26.0 Å². The molecular weight excluding hydrogens is 364 g/mol. The predicted octanol–water partition coefficient (Wildman–Crippen LogP) is 2.72. The molecule has 1 aliphatic rings. The molecule has 1 aliphatic heterocycles. The minimum absolute atomic E-state index is 0.160. The first-order chi connectivity index (χ1) is 13.0. The Hall–Kier alpha value is -2.93. The van der Waals surface area contributed by atoms with E-state index in [0.29, 0.717) is 24.0 Å². The largest absolute Gasteiger partial charge is 0.449 e. The van der Waals surface area contributed by atoms with Crippen LogP contribution in [0.3, 0.4) is 0 Å². The zero-order valence-corrected chi connectivity index (χ0v) is 15.5. The Bertz CT molecular complexity index is 1080. The van der Waals surface area contributed by atoms with Gasteiger partial charge in [-0.15, -0.1) is 11.3 Å². The first kappa shape index (κ1) is 17.5. The number of para-hydroxylation sites is 1. The van der Waals surface area contributed by atoms with E-state index in [2.05, 4.69) is 4.98 Å². The zero-order chi connectivity index (χ0) is 19.0. The van der Waals surface area contributed by atoms with Gasteiger partial charge in [-0.2, -0.15) is 0 Å². The number of aromatic nitrogens is 1. The van der Waals surface area contributed by atoms with Crippen LogP contribution < -0.4 is 5.56 Å². The van der Waals surface area contributed by atoms with Gasteiger partial charge >= 0.3 is 5.97 Å². The van der Waals surface area contributed by atoms with Gasteiger partial charge in [-0.3, -0.25) is 9.59 Å². The highest BCUT2D eigenvalue weighted by Crippen LogP contribution is 2.25. The molecule has 138 valence electrons. The number of H-pyrrole nitrogens is 1. The Morgan fingerprint density at radius 1 is 1.26 bits per heavy atom. The van der Waals surface area contributed by atoms with E-state index in [-0.39, 0.29) is 17.0 Å². The number of ether oxygens (including phenoxy) is 1. The monoisotopic (exact) mass is 382 g/mol. The van der Waals surface area contributed by atoms with Crippen LogP contribution in [0.1, 0.15) is 27.7 Å². The van der Waals surface area contributed by atoms with E-state index in [1.54, 1.807) is 47.4 Å². The van der Waals surface area contributed by atoms with Crippen LogP contribution in [0.25, 0.3) is 10.9 Å². The predicted molar refractivity (Wildman–Crippen MR) is 103 cm³/mol. The third-order valence-electron chi connectivity index (χ3n) is 4.72. The standard InChI is InChI=1S/C20H18N2O4S/c1-12(19(24)22-8-6-17-13(11-22)7-9-27-17)26-20(25)15-10-18(23)21-16-5-3-2-4-14(15)16/h2-5,7,9-10,12H,6,8,11H2,1H3,(H,21,23)/t12-/m1/s1. The van der Waals surface area contributed by atoms with E-state index in [9.17, 15) is 14.4 Å². The summed E-state index contributed by atoms with van der Waals surface area (Å²) >= 11 is 1.70. The number of amides is 1. The van der Waals surface area contributed by atoms with Gasteiger partial charge in [0, 0.05) is 34.9 Å². The molecule has 0 fully saturated rings. The smallest absolute Gasteiger partial charge is 0.339 e. The first-order valence-electron chi connectivity index (χ1n) is 8.70. The number of rotatable bonds is 3. The summed E-state index contributed by atoms with van der Waals surface area (Å²) in [7, 11) is 0. The number of nitrogens with zero attached hydrogens (tertiary/aromatic N) is 1. The van der Waals surface area contributed by atoms with Crippen molar-refractivity contribution in [2.75, 3.05) is 6.54 Å². The van der Waals surface area contributed by atoms with Crippen LogP contribution in [-0.4, -0.2) is 34.4 Å². The molecule has 6 nitrogen and oxygen atoms in total. The van der Waals surface area contributed by atoms with Crippen molar-refractivity contribution in [1.29, 1.82) is 0 Å². The minimum atomic E-state index is -0.921. The van der Waals surface area contributed by atoms with Gasteiger partial charge in [0.15, 0.2) is 6.10 Å². The number of pyridine rings is 1. The average molecular weight is 382 g/mol. The highest BCUT2D eigenvalue weighted by atomic mass is 32.1. The highest BCUT2D eigenvalue weighted by Gasteiger charge is 2.28. The second-order valence-corrected chi connectivity index (χ2v) is 7.52. The number of fused-ring (bicyclic) bond motifs is 2. The van der Waals surface area contributed by atoms with Crippen LogP contribution in [-0.2, 0) is 22.5 Å². The Labute approximate surface area is 159 Å². The molecular formula is C20H18N2O4S. The molecule has 27 heavy (non-hydrogen) atoms. The van der Waals surface area contributed by atoms with Crippen molar-refractivity contribution < 1.29 is 14.3 Å². The molecule has 0 unspecified atom stereocenters. The van der Waals surface area contributed by atoms with Gasteiger partial charge in [0.05, 0.1) is 5.56 Å². The quantitative estimate of drug-likeness (QED) is 0.707. The Kier molecular flexibility index (Phi) is 4.53. The molecule has 1 aromatic carbocycles. The van der Waals surface area contributed by atoms with E-state index in [4.69, 9.17) is 4.74 Å². The number of carbonyl (C=O) groups excluding carboxylic acids is 2. The normalized spacial score (nSPS) is 14.6. The molecule has 3 heterocycles. The number of nitrogens with one attached hydrogen (secondary N) is 1. The highest BCUT2D eigenvalue weighted by molar-refractivity contribution is 7.10. The van der Waals surface area contributed by atoms with Crippen LogP contribution >= 0.6 is 11.3 Å². The molecule has 0 saturated carbocycles. The van der Waals surface area contributed by atoms with Gasteiger partial charge in [0.2, 0.25) is 5.56 Å². The van der Waals surface area contributed by atoms with E-state index in [1.165, 1.54) is 10.9 Å². The summed E-state index contributed by atoms with van der Waals surface area (Å²) in [5.41, 5.74) is 1.48. The second kappa shape index (κ2) is 7.00. The van der Waals surface area contributed by atoms with Crippen molar-refractivity contribution >= 4 is 34.1 Å². The van der Waals surface area contributed by atoms with Crippen LogP contribution in [0.2, 0.25) is 0 Å². The fourth-order valence-corrected chi connectivity index (χ4v) is 4.23. The maximum atomic E-state index is 12.7. The topological polar surface area (TPSA) is 79.5 Å². The van der Waals surface area contributed by atoms with Gasteiger partial charge in [0.1, 0.15) is 0 Å². The minimum Gasteiger partial charge on any atom is -0.449 e. The molecule has 2 aromatic heterocycles.